The Morgan fingerprint density at radius 3 is 2.75 bits per heavy atom. The Balaban J connectivity index is 1.65. The SMILES string of the molecule is Cc1noc(C)c1S(=O)(=O)N1CCC[C@@H]1c1ccnc(Nc2ccccn2)n1. The molecule has 28 heavy (non-hydrogen) atoms. The molecule has 1 N–H and O–H groups in total. The molecule has 0 bridgehead atoms. The standard InChI is InChI=1S/C18H20N6O3S/c1-12-17(13(2)27-23-12)28(25,26)24-11-5-6-15(24)14-8-10-20-18(21-14)22-16-7-3-4-9-19-16/h3-4,7-10,15H,5-6,11H2,1-2H3,(H,19,20,21,22)/t15-/m1/s1. The first-order valence-electron chi connectivity index (χ1n) is 8.92. The van der Waals surface area contributed by atoms with Crippen LogP contribution >= 0.6 is 0 Å². The molecule has 1 aliphatic heterocycles. The molecule has 9 nitrogen and oxygen atoms in total. The monoisotopic (exact) mass is 400 g/mol. The minimum absolute atomic E-state index is 0.139. The predicted molar refractivity (Wildman–Crippen MR) is 101 cm³/mol. The second-order valence-corrected chi connectivity index (χ2v) is 8.40. The number of nitrogens with one attached hydrogen (secondary N) is 1. The Hall–Kier alpha value is -2.85. The van der Waals surface area contributed by atoms with E-state index in [9.17, 15) is 8.42 Å². The average Bonchev–Trinajstić information content (AvgIpc) is 3.30. The number of hydrogen-bond acceptors (Lipinski definition) is 8. The highest BCUT2D eigenvalue weighted by Gasteiger charge is 2.40. The van der Waals surface area contributed by atoms with E-state index in [4.69, 9.17) is 4.52 Å². The third-order valence-corrected chi connectivity index (χ3v) is 6.81. The van der Waals surface area contributed by atoms with Crippen molar-refractivity contribution in [2.75, 3.05) is 11.9 Å². The number of hydrogen-bond donors (Lipinski definition) is 1. The molecule has 3 aromatic heterocycles. The van der Waals surface area contributed by atoms with E-state index in [0.29, 0.717) is 41.9 Å². The molecule has 1 atom stereocenters. The first-order chi connectivity index (χ1) is 13.5. The van der Waals surface area contributed by atoms with Crippen molar-refractivity contribution >= 4 is 21.8 Å². The molecule has 146 valence electrons. The molecule has 1 saturated heterocycles. The summed E-state index contributed by atoms with van der Waals surface area (Å²) in [7, 11) is -3.74. The Labute approximate surface area is 162 Å². The van der Waals surface area contributed by atoms with E-state index >= 15 is 0 Å². The summed E-state index contributed by atoms with van der Waals surface area (Å²) in [5.74, 6) is 1.28. The highest BCUT2D eigenvalue weighted by Crippen LogP contribution is 2.37. The molecule has 0 amide bonds. The van der Waals surface area contributed by atoms with Crippen molar-refractivity contribution in [1.82, 2.24) is 24.4 Å². The largest absolute Gasteiger partial charge is 0.360 e. The van der Waals surface area contributed by atoms with Gasteiger partial charge in [0.1, 0.15) is 16.4 Å². The Kier molecular flexibility index (Phi) is 4.82. The lowest BCUT2D eigenvalue weighted by molar-refractivity contribution is 0.381. The van der Waals surface area contributed by atoms with Gasteiger partial charge in [0.15, 0.2) is 5.76 Å². The average molecular weight is 400 g/mol. The van der Waals surface area contributed by atoms with E-state index in [1.165, 1.54) is 4.31 Å². The molecule has 0 unspecified atom stereocenters. The summed E-state index contributed by atoms with van der Waals surface area (Å²) in [5.41, 5.74) is 1.00. The van der Waals surface area contributed by atoms with Gasteiger partial charge >= 0.3 is 0 Å². The van der Waals surface area contributed by atoms with Crippen LogP contribution in [0.5, 0.6) is 0 Å². The van der Waals surface area contributed by atoms with Gasteiger partial charge in [-0.15, -0.1) is 0 Å². The molecule has 0 radical (unpaired) electrons. The topological polar surface area (TPSA) is 114 Å². The van der Waals surface area contributed by atoms with Crippen LogP contribution < -0.4 is 5.32 Å². The van der Waals surface area contributed by atoms with Crippen molar-refractivity contribution in [2.24, 2.45) is 0 Å². The van der Waals surface area contributed by atoms with Gasteiger partial charge < -0.3 is 9.84 Å². The number of aromatic nitrogens is 4. The van der Waals surface area contributed by atoms with Crippen molar-refractivity contribution in [1.29, 1.82) is 0 Å². The molecule has 4 heterocycles. The summed E-state index contributed by atoms with van der Waals surface area (Å²) in [6.07, 6.45) is 4.72. The van der Waals surface area contributed by atoms with Crippen LogP contribution in [-0.4, -0.2) is 39.4 Å². The van der Waals surface area contributed by atoms with Gasteiger partial charge in [0.05, 0.1) is 11.7 Å². The van der Waals surface area contributed by atoms with Gasteiger partial charge in [-0.25, -0.2) is 23.4 Å². The van der Waals surface area contributed by atoms with Crippen molar-refractivity contribution in [3.05, 3.63) is 53.8 Å². The fourth-order valence-corrected chi connectivity index (χ4v) is 5.42. The van der Waals surface area contributed by atoms with E-state index in [0.717, 1.165) is 6.42 Å². The van der Waals surface area contributed by atoms with E-state index in [1.807, 2.05) is 12.1 Å². The lowest BCUT2D eigenvalue weighted by Gasteiger charge is -2.23. The van der Waals surface area contributed by atoms with Crippen LogP contribution in [0.4, 0.5) is 11.8 Å². The van der Waals surface area contributed by atoms with Crippen molar-refractivity contribution in [3.63, 3.8) is 0 Å². The number of nitrogens with zero attached hydrogens (tertiary/aromatic N) is 5. The summed E-state index contributed by atoms with van der Waals surface area (Å²) < 4.78 is 33.1. The first kappa shape index (κ1) is 18.5. The van der Waals surface area contributed by atoms with Gasteiger partial charge in [0.25, 0.3) is 0 Å². The molecule has 0 saturated carbocycles. The fraction of sp³-hybridized carbons (Fsp3) is 0.333. The third-order valence-electron chi connectivity index (χ3n) is 4.66. The molecule has 3 aromatic rings. The first-order valence-corrected chi connectivity index (χ1v) is 10.4. The number of anilines is 2. The van der Waals surface area contributed by atoms with Crippen LogP contribution in [0.1, 0.15) is 36.0 Å². The summed E-state index contributed by atoms with van der Waals surface area (Å²) in [6.45, 7) is 3.66. The van der Waals surface area contributed by atoms with Gasteiger partial charge in [-0.1, -0.05) is 11.2 Å². The van der Waals surface area contributed by atoms with E-state index in [1.54, 1.807) is 38.4 Å². The lowest BCUT2D eigenvalue weighted by atomic mass is 10.1. The second-order valence-electron chi connectivity index (χ2n) is 6.57. The van der Waals surface area contributed by atoms with Crippen LogP contribution in [0.2, 0.25) is 0 Å². The van der Waals surface area contributed by atoms with Crippen LogP contribution in [0, 0.1) is 13.8 Å². The normalized spacial score (nSPS) is 17.7. The molecule has 0 aliphatic carbocycles. The summed E-state index contributed by atoms with van der Waals surface area (Å²) >= 11 is 0. The maximum Gasteiger partial charge on any atom is 0.249 e. The highest BCUT2D eigenvalue weighted by molar-refractivity contribution is 7.89. The maximum atomic E-state index is 13.3. The lowest BCUT2D eigenvalue weighted by Crippen LogP contribution is -2.31. The van der Waals surface area contributed by atoms with E-state index in [2.05, 4.69) is 25.4 Å². The zero-order valence-corrected chi connectivity index (χ0v) is 16.3. The minimum Gasteiger partial charge on any atom is -0.360 e. The summed E-state index contributed by atoms with van der Waals surface area (Å²) in [4.78, 5) is 13.1. The molecular formula is C18H20N6O3S. The molecule has 4 rings (SSSR count). The van der Waals surface area contributed by atoms with Crippen molar-refractivity contribution in [2.45, 2.75) is 37.6 Å². The zero-order chi connectivity index (χ0) is 19.7. The van der Waals surface area contributed by atoms with Crippen LogP contribution in [-0.2, 0) is 10.0 Å². The van der Waals surface area contributed by atoms with Crippen molar-refractivity contribution < 1.29 is 12.9 Å². The Morgan fingerprint density at radius 1 is 1.18 bits per heavy atom. The van der Waals surface area contributed by atoms with Crippen LogP contribution in [0.15, 0.2) is 46.1 Å². The third kappa shape index (κ3) is 3.36. The molecule has 0 aromatic carbocycles. The number of aryl methyl sites for hydroxylation is 2. The van der Waals surface area contributed by atoms with Gasteiger partial charge in [-0.05, 0) is 44.9 Å². The van der Waals surface area contributed by atoms with Gasteiger partial charge in [-0.3, -0.25) is 0 Å². The van der Waals surface area contributed by atoms with Gasteiger partial charge in [-0.2, -0.15) is 4.31 Å². The maximum absolute atomic E-state index is 13.3. The fourth-order valence-electron chi connectivity index (χ4n) is 3.45. The van der Waals surface area contributed by atoms with Gasteiger partial charge in [0.2, 0.25) is 16.0 Å². The molecule has 0 spiro atoms. The molecule has 1 aliphatic rings. The second kappa shape index (κ2) is 7.28. The Bertz CT molecular complexity index is 1060. The number of rotatable bonds is 5. The number of sulfonamides is 1. The summed E-state index contributed by atoms with van der Waals surface area (Å²) in [6, 6.07) is 6.85. The molecule has 10 heteroatoms. The zero-order valence-electron chi connectivity index (χ0n) is 15.5. The predicted octanol–water partition coefficient (Wildman–Crippen LogP) is 2.75. The van der Waals surface area contributed by atoms with E-state index in [-0.39, 0.29) is 10.9 Å². The quantitative estimate of drug-likeness (QED) is 0.695. The van der Waals surface area contributed by atoms with Crippen LogP contribution in [0.25, 0.3) is 0 Å². The molecule has 1 fully saturated rings. The Morgan fingerprint density at radius 2 is 2.04 bits per heavy atom. The van der Waals surface area contributed by atoms with Gasteiger partial charge in [0, 0.05) is 18.9 Å². The van der Waals surface area contributed by atoms with Crippen LogP contribution in [0.3, 0.4) is 0 Å². The number of pyridine rings is 1. The smallest absolute Gasteiger partial charge is 0.249 e. The molecular weight excluding hydrogens is 380 g/mol. The minimum atomic E-state index is -3.74. The summed E-state index contributed by atoms with van der Waals surface area (Å²) in [5, 5.41) is 6.83. The van der Waals surface area contributed by atoms with Crippen molar-refractivity contribution in [3.8, 4) is 0 Å². The van der Waals surface area contributed by atoms with E-state index < -0.39 is 10.0 Å². The highest BCUT2D eigenvalue weighted by atomic mass is 32.2.